The second kappa shape index (κ2) is 9.03. The summed E-state index contributed by atoms with van der Waals surface area (Å²) < 4.78 is 5.29. The standard InChI is InChI=1S/C20H29N3O3/c1-26-18-7-2-5-16(13-18)14-22-10-3-6-17(15-22)21-19(24)9-12-23-11-4-8-20(23)25/h2,5,7,13,17H,3-4,6,8-12,14-15H2,1H3,(H,21,24). The van der Waals surface area contributed by atoms with Gasteiger partial charge in [-0.2, -0.15) is 0 Å². The average molecular weight is 359 g/mol. The maximum absolute atomic E-state index is 12.2. The van der Waals surface area contributed by atoms with Crippen LogP contribution in [0.5, 0.6) is 5.75 Å². The van der Waals surface area contributed by atoms with Gasteiger partial charge in [0.2, 0.25) is 11.8 Å². The molecule has 6 heteroatoms. The molecule has 2 aliphatic heterocycles. The third-order valence-corrected chi connectivity index (χ3v) is 5.19. The van der Waals surface area contributed by atoms with Crippen LogP contribution in [0.4, 0.5) is 0 Å². The SMILES string of the molecule is COc1cccc(CN2CCCC(NC(=O)CCN3CCCC3=O)C2)c1. The maximum atomic E-state index is 12.2. The van der Waals surface area contributed by atoms with Crippen LogP contribution >= 0.6 is 0 Å². The topological polar surface area (TPSA) is 61.9 Å². The van der Waals surface area contributed by atoms with E-state index in [1.165, 1.54) is 5.56 Å². The van der Waals surface area contributed by atoms with Gasteiger partial charge in [-0.05, 0) is 43.5 Å². The van der Waals surface area contributed by atoms with Crippen LogP contribution in [0.15, 0.2) is 24.3 Å². The number of nitrogens with one attached hydrogen (secondary N) is 1. The fourth-order valence-electron chi connectivity index (χ4n) is 3.82. The number of piperidine rings is 1. The lowest BCUT2D eigenvalue weighted by Crippen LogP contribution is -2.47. The van der Waals surface area contributed by atoms with Crippen LogP contribution in [-0.4, -0.2) is 60.9 Å². The second-order valence-electron chi connectivity index (χ2n) is 7.23. The molecule has 6 nitrogen and oxygen atoms in total. The Morgan fingerprint density at radius 2 is 2.19 bits per heavy atom. The molecule has 1 N–H and O–H groups in total. The van der Waals surface area contributed by atoms with Crippen molar-refractivity contribution in [2.45, 2.75) is 44.7 Å². The first-order chi connectivity index (χ1) is 12.6. The van der Waals surface area contributed by atoms with Crippen molar-refractivity contribution in [3.8, 4) is 5.75 Å². The minimum atomic E-state index is 0.0536. The summed E-state index contributed by atoms with van der Waals surface area (Å²) >= 11 is 0. The summed E-state index contributed by atoms with van der Waals surface area (Å²) in [6, 6.07) is 8.33. The number of likely N-dealkylation sites (tertiary alicyclic amines) is 2. The van der Waals surface area contributed by atoms with E-state index < -0.39 is 0 Å². The van der Waals surface area contributed by atoms with Gasteiger partial charge in [0.05, 0.1) is 7.11 Å². The van der Waals surface area contributed by atoms with Crippen molar-refractivity contribution in [2.75, 3.05) is 33.3 Å². The van der Waals surface area contributed by atoms with Crippen LogP contribution in [0, 0.1) is 0 Å². The Morgan fingerprint density at radius 1 is 1.31 bits per heavy atom. The number of rotatable bonds is 7. The van der Waals surface area contributed by atoms with Gasteiger partial charge in [0.1, 0.15) is 5.75 Å². The van der Waals surface area contributed by atoms with Gasteiger partial charge in [-0.15, -0.1) is 0 Å². The van der Waals surface area contributed by atoms with Crippen molar-refractivity contribution in [3.63, 3.8) is 0 Å². The van der Waals surface area contributed by atoms with Crippen molar-refractivity contribution in [1.82, 2.24) is 15.1 Å². The van der Waals surface area contributed by atoms with Crippen LogP contribution < -0.4 is 10.1 Å². The number of methoxy groups -OCH3 is 1. The van der Waals surface area contributed by atoms with Gasteiger partial charge < -0.3 is 15.0 Å². The first-order valence-corrected chi connectivity index (χ1v) is 9.56. The van der Waals surface area contributed by atoms with E-state index >= 15 is 0 Å². The number of amides is 2. The molecule has 0 radical (unpaired) electrons. The van der Waals surface area contributed by atoms with Crippen LogP contribution in [0.1, 0.15) is 37.7 Å². The van der Waals surface area contributed by atoms with Gasteiger partial charge in [-0.3, -0.25) is 14.5 Å². The highest BCUT2D eigenvalue weighted by Crippen LogP contribution is 2.18. The van der Waals surface area contributed by atoms with Gasteiger partial charge in [0.25, 0.3) is 0 Å². The number of nitrogens with zero attached hydrogens (tertiary/aromatic N) is 2. The number of ether oxygens (including phenoxy) is 1. The first kappa shape index (κ1) is 18.7. The number of carbonyl (C=O) groups is 2. The number of carbonyl (C=O) groups excluding carboxylic acids is 2. The summed E-state index contributed by atoms with van der Waals surface area (Å²) in [6.45, 7) is 4.12. The van der Waals surface area contributed by atoms with Gasteiger partial charge >= 0.3 is 0 Å². The molecular formula is C20H29N3O3. The maximum Gasteiger partial charge on any atom is 0.222 e. The molecule has 2 amide bonds. The number of benzene rings is 1. The molecule has 2 saturated heterocycles. The van der Waals surface area contributed by atoms with Crippen molar-refractivity contribution in [1.29, 1.82) is 0 Å². The molecule has 0 bridgehead atoms. The zero-order chi connectivity index (χ0) is 18.4. The molecule has 1 unspecified atom stereocenters. The molecule has 1 atom stereocenters. The van der Waals surface area contributed by atoms with E-state index in [4.69, 9.17) is 4.74 Å². The van der Waals surface area contributed by atoms with E-state index in [1.54, 1.807) is 12.0 Å². The van der Waals surface area contributed by atoms with Gasteiger partial charge in [0, 0.05) is 45.1 Å². The lowest BCUT2D eigenvalue weighted by Gasteiger charge is -2.33. The van der Waals surface area contributed by atoms with Crippen molar-refractivity contribution in [2.24, 2.45) is 0 Å². The third-order valence-electron chi connectivity index (χ3n) is 5.19. The molecule has 0 spiro atoms. The summed E-state index contributed by atoms with van der Waals surface area (Å²) in [4.78, 5) is 28.0. The Labute approximate surface area is 155 Å². The zero-order valence-electron chi connectivity index (χ0n) is 15.6. The summed E-state index contributed by atoms with van der Waals surface area (Å²) in [6.07, 6.45) is 4.05. The largest absolute Gasteiger partial charge is 0.497 e. The molecule has 2 aliphatic rings. The fraction of sp³-hybridized carbons (Fsp3) is 0.600. The first-order valence-electron chi connectivity index (χ1n) is 9.56. The van der Waals surface area contributed by atoms with Crippen LogP contribution in [0.3, 0.4) is 0 Å². The Hall–Kier alpha value is -2.08. The average Bonchev–Trinajstić information content (AvgIpc) is 3.05. The highest BCUT2D eigenvalue weighted by atomic mass is 16.5. The molecule has 2 heterocycles. The summed E-state index contributed by atoms with van der Waals surface area (Å²) in [5.41, 5.74) is 1.23. The predicted octanol–water partition coefficient (Wildman–Crippen LogP) is 1.79. The number of hydrogen-bond acceptors (Lipinski definition) is 4. The molecular weight excluding hydrogens is 330 g/mol. The fourth-order valence-corrected chi connectivity index (χ4v) is 3.82. The highest BCUT2D eigenvalue weighted by molar-refractivity contribution is 5.80. The second-order valence-corrected chi connectivity index (χ2v) is 7.23. The molecule has 0 aliphatic carbocycles. The predicted molar refractivity (Wildman–Crippen MR) is 99.9 cm³/mol. The van der Waals surface area contributed by atoms with Crippen LogP contribution in [0.2, 0.25) is 0 Å². The van der Waals surface area contributed by atoms with Gasteiger partial charge in [-0.25, -0.2) is 0 Å². The quantitative estimate of drug-likeness (QED) is 0.806. The summed E-state index contributed by atoms with van der Waals surface area (Å²) in [5.74, 6) is 1.11. The minimum Gasteiger partial charge on any atom is -0.497 e. The van der Waals surface area contributed by atoms with E-state index in [2.05, 4.69) is 22.3 Å². The highest BCUT2D eigenvalue weighted by Gasteiger charge is 2.23. The van der Waals surface area contributed by atoms with Crippen molar-refractivity contribution >= 4 is 11.8 Å². The molecule has 3 rings (SSSR count). The van der Waals surface area contributed by atoms with E-state index in [1.807, 2.05) is 12.1 Å². The van der Waals surface area contributed by atoms with Gasteiger partial charge in [0.15, 0.2) is 0 Å². The van der Waals surface area contributed by atoms with Gasteiger partial charge in [-0.1, -0.05) is 12.1 Å². The van der Waals surface area contributed by atoms with E-state index in [-0.39, 0.29) is 17.9 Å². The Kier molecular flexibility index (Phi) is 6.50. The lowest BCUT2D eigenvalue weighted by atomic mass is 10.0. The normalized spacial score (nSPS) is 21.0. The molecule has 0 saturated carbocycles. The number of hydrogen-bond donors (Lipinski definition) is 1. The zero-order valence-corrected chi connectivity index (χ0v) is 15.6. The molecule has 2 fully saturated rings. The van der Waals surface area contributed by atoms with Crippen LogP contribution in [0.25, 0.3) is 0 Å². The minimum absolute atomic E-state index is 0.0536. The summed E-state index contributed by atoms with van der Waals surface area (Å²) in [5, 5.41) is 3.15. The van der Waals surface area contributed by atoms with E-state index in [0.29, 0.717) is 19.4 Å². The van der Waals surface area contributed by atoms with Crippen molar-refractivity contribution in [3.05, 3.63) is 29.8 Å². The molecule has 1 aromatic carbocycles. The molecule has 142 valence electrons. The smallest absolute Gasteiger partial charge is 0.222 e. The Morgan fingerprint density at radius 3 is 2.96 bits per heavy atom. The van der Waals surface area contributed by atoms with Crippen LogP contribution in [-0.2, 0) is 16.1 Å². The molecule has 0 aromatic heterocycles. The van der Waals surface area contributed by atoms with Crippen molar-refractivity contribution < 1.29 is 14.3 Å². The Balaban J connectivity index is 1.44. The molecule has 26 heavy (non-hydrogen) atoms. The Bertz CT molecular complexity index is 634. The summed E-state index contributed by atoms with van der Waals surface area (Å²) in [7, 11) is 1.68. The molecule has 1 aromatic rings. The third kappa shape index (κ3) is 5.21. The van der Waals surface area contributed by atoms with E-state index in [9.17, 15) is 9.59 Å². The monoisotopic (exact) mass is 359 g/mol. The lowest BCUT2D eigenvalue weighted by molar-refractivity contribution is -0.128. The van der Waals surface area contributed by atoms with E-state index in [0.717, 1.165) is 51.2 Å².